The van der Waals surface area contributed by atoms with Crippen LogP contribution in [0.1, 0.15) is 16.3 Å². The molecule has 1 aromatic carbocycles. The van der Waals surface area contributed by atoms with Crippen LogP contribution in [-0.4, -0.2) is 38.5 Å². The molecule has 0 aliphatic heterocycles. The fraction of sp³-hybridized carbons (Fsp3) is 0.158. The molecule has 0 saturated carbocycles. The van der Waals surface area contributed by atoms with Gasteiger partial charge in [0.15, 0.2) is 11.0 Å². The molecule has 0 aliphatic carbocycles. The molecule has 144 valence electrons. The monoisotopic (exact) mass is 415 g/mol. The lowest BCUT2D eigenvalue weighted by atomic mass is 10.3. The number of thioether (sulfide) groups is 1. The van der Waals surface area contributed by atoms with Gasteiger partial charge < -0.3 is 10.1 Å². The van der Waals surface area contributed by atoms with Crippen molar-refractivity contribution in [1.82, 2.24) is 25.1 Å². The van der Waals surface area contributed by atoms with Gasteiger partial charge in [-0.15, -0.1) is 10.2 Å². The van der Waals surface area contributed by atoms with Crippen LogP contribution in [0.5, 0.6) is 5.75 Å². The van der Waals surface area contributed by atoms with Gasteiger partial charge in [0.25, 0.3) is 5.91 Å². The summed E-state index contributed by atoms with van der Waals surface area (Å²) in [6.07, 6.45) is 1.57. The minimum absolute atomic E-state index is 0.191. The highest BCUT2D eigenvalue weighted by Gasteiger charge is 2.16. The first-order valence-electron chi connectivity index (χ1n) is 8.32. The van der Waals surface area contributed by atoms with Crippen molar-refractivity contribution in [3.63, 3.8) is 0 Å². The van der Waals surface area contributed by atoms with Gasteiger partial charge in [0, 0.05) is 22.7 Å². The Morgan fingerprint density at radius 1 is 1.25 bits per heavy atom. The maximum Gasteiger partial charge on any atom is 0.270 e. The zero-order valence-electron chi connectivity index (χ0n) is 15.1. The summed E-state index contributed by atoms with van der Waals surface area (Å²) in [6.45, 7) is 3.89. The molecule has 28 heavy (non-hydrogen) atoms. The zero-order valence-corrected chi connectivity index (χ0v) is 16.7. The van der Waals surface area contributed by atoms with Crippen molar-refractivity contribution in [3.05, 3.63) is 71.8 Å². The highest BCUT2D eigenvalue weighted by atomic mass is 35.5. The summed E-state index contributed by atoms with van der Waals surface area (Å²) in [5.74, 6) is 1.53. The molecule has 3 rings (SSSR count). The van der Waals surface area contributed by atoms with Crippen LogP contribution in [0.3, 0.4) is 0 Å². The third kappa shape index (κ3) is 4.90. The molecule has 0 radical (unpaired) electrons. The number of pyridine rings is 1. The second kappa shape index (κ2) is 9.38. The van der Waals surface area contributed by atoms with E-state index in [1.165, 1.54) is 11.8 Å². The Kier molecular flexibility index (Phi) is 6.67. The molecule has 9 heteroatoms. The number of rotatable bonds is 8. The predicted molar refractivity (Wildman–Crippen MR) is 109 cm³/mol. The SMILES string of the molecule is C=C(Cl)CSc1nnc(CNC(=O)c2ccccn2)n1-c1ccc(OC)cc1. The van der Waals surface area contributed by atoms with Gasteiger partial charge in [0.2, 0.25) is 0 Å². The number of nitrogens with one attached hydrogen (secondary N) is 1. The Morgan fingerprint density at radius 3 is 2.68 bits per heavy atom. The van der Waals surface area contributed by atoms with Gasteiger partial charge in [-0.3, -0.25) is 14.3 Å². The normalized spacial score (nSPS) is 10.5. The van der Waals surface area contributed by atoms with Gasteiger partial charge in [-0.25, -0.2) is 0 Å². The van der Waals surface area contributed by atoms with Gasteiger partial charge in [0.05, 0.1) is 13.7 Å². The van der Waals surface area contributed by atoms with Crippen LogP contribution in [0.25, 0.3) is 5.69 Å². The molecule has 3 aromatic rings. The Hall–Kier alpha value is -2.84. The van der Waals surface area contributed by atoms with Gasteiger partial charge in [0.1, 0.15) is 11.4 Å². The van der Waals surface area contributed by atoms with Crippen molar-refractivity contribution in [2.45, 2.75) is 11.7 Å². The van der Waals surface area contributed by atoms with E-state index in [1.54, 1.807) is 31.5 Å². The van der Waals surface area contributed by atoms with E-state index in [1.807, 2.05) is 28.8 Å². The number of carbonyl (C=O) groups is 1. The summed E-state index contributed by atoms with van der Waals surface area (Å²) >= 11 is 7.30. The molecule has 0 fully saturated rings. The van der Waals surface area contributed by atoms with E-state index >= 15 is 0 Å². The quantitative estimate of drug-likeness (QED) is 0.567. The molecule has 0 bridgehead atoms. The molecule has 0 aliphatic rings. The van der Waals surface area contributed by atoms with Crippen molar-refractivity contribution in [2.24, 2.45) is 0 Å². The summed E-state index contributed by atoms with van der Waals surface area (Å²) in [5, 5.41) is 12.5. The number of ether oxygens (including phenoxy) is 1. The zero-order chi connectivity index (χ0) is 19.9. The topological polar surface area (TPSA) is 81.9 Å². The summed E-state index contributed by atoms with van der Waals surface area (Å²) in [6, 6.07) is 12.6. The van der Waals surface area contributed by atoms with Crippen LogP contribution in [0.15, 0.2) is 65.4 Å². The van der Waals surface area contributed by atoms with Crippen molar-refractivity contribution in [2.75, 3.05) is 12.9 Å². The van der Waals surface area contributed by atoms with Crippen LogP contribution in [0, 0.1) is 0 Å². The minimum Gasteiger partial charge on any atom is -0.497 e. The van der Waals surface area contributed by atoms with E-state index in [2.05, 4.69) is 27.1 Å². The maximum atomic E-state index is 12.3. The first kappa shape index (κ1) is 19.9. The lowest BCUT2D eigenvalue weighted by Gasteiger charge is -2.11. The summed E-state index contributed by atoms with van der Waals surface area (Å²) < 4.78 is 7.08. The largest absolute Gasteiger partial charge is 0.497 e. The molecule has 2 heterocycles. The predicted octanol–water partition coefficient (Wildman–Crippen LogP) is 3.45. The van der Waals surface area contributed by atoms with Gasteiger partial charge in [-0.2, -0.15) is 0 Å². The molecule has 2 aromatic heterocycles. The number of halogens is 1. The molecule has 0 spiro atoms. The van der Waals surface area contributed by atoms with Crippen molar-refractivity contribution >= 4 is 29.3 Å². The van der Waals surface area contributed by atoms with E-state index < -0.39 is 0 Å². The highest BCUT2D eigenvalue weighted by Crippen LogP contribution is 2.25. The van der Waals surface area contributed by atoms with Crippen LogP contribution in [0.2, 0.25) is 0 Å². The number of amides is 1. The average Bonchev–Trinajstić information content (AvgIpc) is 3.14. The molecular weight excluding hydrogens is 398 g/mol. The van der Waals surface area contributed by atoms with Gasteiger partial charge in [-0.05, 0) is 36.4 Å². The first-order valence-corrected chi connectivity index (χ1v) is 9.69. The van der Waals surface area contributed by atoms with Crippen LogP contribution in [0.4, 0.5) is 0 Å². The standard InChI is InChI=1S/C19H18ClN5O2S/c1-13(20)12-28-19-24-23-17(11-22-18(26)16-5-3-4-10-21-16)25(19)14-6-8-15(27-2)9-7-14/h3-10H,1,11-12H2,2H3,(H,22,26). The number of hydrogen-bond donors (Lipinski definition) is 1. The Morgan fingerprint density at radius 2 is 2.04 bits per heavy atom. The van der Waals surface area contributed by atoms with E-state index in [4.69, 9.17) is 16.3 Å². The lowest BCUT2D eigenvalue weighted by Crippen LogP contribution is -2.25. The number of methoxy groups -OCH3 is 1. The Bertz CT molecular complexity index is 960. The number of aromatic nitrogens is 4. The van der Waals surface area contributed by atoms with Crippen LogP contribution in [-0.2, 0) is 6.54 Å². The first-order chi connectivity index (χ1) is 13.6. The molecular formula is C19H18ClN5O2S. The molecule has 0 atom stereocenters. The lowest BCUT2D eigenvalue weighted by molar-refractivity contribution is 0.0944. The summed E-state index contributed by atoms with van der Waals surface area (Å²) in [7, 11) is 1.61. The number of nitrogens with zero attached hydrogens (tertiary/aromatic N) is 4. The second-order valence-electron chi connectivity index (χ2n) is 5.64. The van der Waals surface area contributed by atoms with Crippen molar-refractivity contribution < 1.29 is 9.53 Å². The smallest absolute Gasteiger partial charge is 0.270 e. The van der Waals surface area contributed by atoms with Crippen LogP contribution < -0.4 is 10.1 Å². The number of benzene rings is 1. The third-order valence-corrected chi connectivity index (χ3v) is 5.00. The van der Waals surface area contributed by atoms with E-state index in [-0.39, 0.29) is 12.5 Å². The second-order valence-corrected chi connectivity index (χ2v) is 7.11. The summed E-state index contributed by atoms with van der Waals surface area (Å²) in [5.41, 5.74) is 1.18. The Balaban J connectivity index is 1.85. The van der Waals surface area contributed by atoms with E-state index in [9.17, 15) is 4.79 Å². The fourth-order valence-corrected chi connectivity index (χ4v) is 3.28. The maximum absolute atomic E-state index is 12.3. The molecule has 0 unspecified atom stereocenters. The molecule has 1 amide bonds. The van der Waals surface area contributed by atoms with E-state index in [0.717, 1.165) is 11.4 Å². The number of hydrogen-bond acceptors (Lipinski definition) is 6. The van der Waals surface area contributed by atoms with Gasteiger partial charge in [-0.1, -0.05) is 36.0 Å². The van der Waals surface area contributed by atoms with Crippen LogP contribution >= 0.6 is 23.4 Å². The van der Waals surface area contributed by atoms with E-state index in [0.29, 0.717) is 27.5 Å². The van der Waals surface area contributed by atoms with Gasteiger partial charge >= 0.3 is 0 Å². The molecule has 0 saturated heterocycles. The third-order valence-electron chi connectivity index (χ3n) is 3.69. The minimum atomic E-state index is -0.284. The summed E-state index contributed by atoms with van der Waals surface area (Å²) in [4.78, 5) is 16.3. The Labute approximate surface area is 171 Å². The fourth-order valence-electron chi connectivity index (χ4n) is 2.39. The highest BCUT2D eigenvalue weighted by molar-refractivity contribution is 7.99. The average molecular weight is 416 g/mol. The number of carbonyl (C=O) groups excluding carboxylic acids is 1. The van der Waals surface area contributed by atoms with Crippen molar-refractivity contribution in [3.8, 4) is 11.4 Å². The molecule has 1 N–H and O–H groups in total. The van der Waals surface area contributed by atoms with Crippen molar-refractivity contribution in [1.29, 1.82) is 0 Å². The molecule has 7 nitrogen and oxygen atoms in total.